The maximum Gasteiger partial charge on any atom is 0.225 e. The van der Waals surface area contributed by atoms with Gasteiger partial charge < -0.3 is 19.5 Å². The van der Waals surface area contributed by atoms with Crippen molar-refractivity contribution in [1.29, 1.82) is 0 Å². The Balaban J connectivity index is 1.84. The van der Waals surface area contributed by atoms with E-state index < -0.39 is 0 Å². The van der Waals surface area contributed by atoms with Crippen LogP contribution in [-0.2, 0) is 11.2 Å². The molecule has 0 aliphatic rings. The van der Waals surface area contributed by atoms with Crippen LogP contribution in [0.25, 0.3) is 0 Å². The summed E-state index contributed by atoms with van der Waals surface area (Å²) in [5.41, 5.74) is 2.72. The van der Waals surface area contributed by atoms with Gasteiger partial charge >= 0.3 is 0 Å². The van der Waals surface area contributed by atoms with Crippen molar-refractivity contribution in [2.45, 2.75) is 12.5 Å². The highest BCUT2D eigenvalue weighted by molar-refractivity contribution is 5.80. The third-order valence-corrected chi connectivity index (χ3v) is 4.57. The number of hydrogen-bond donors (Lipinski definition) is 1. The second kappa shape index (κ2) is 9.59. The normalized spacial score (nSPS) is 11.4. The minimum absolute atomic E-state index is 0.120. The van der Waals surface area contributed by atoms with Crippen LogP contribution in [0.15, 0.2) is 67.0 Å². The molecule has 0 aliphatic carbocycles. The average molecular weight is 392 g/mol. The van der Waals surface area contributed by atoms with E-state index in [9.17, 15) is 4.79 Å². The summed E-state index contributed by atoms with van der Waals surface area (Å²) >= 11 is 0. The van der Waals surface area contributed by atoms with Gasteiger partial charge in [-0.25, -0.2) is 0 Å². The van der Waals surface area contributed by atoms with Crippen LogP contribution in [0.4, 0.5) is 0 Å². The summed E-state index contributed by atoms with van der Waals surface area (Å²) in [5, 5.41) is 3.12. The predicted octanol–water partition coefficient (Wildman–Crippen LogP) is 3.56. The van der Waals surface area contributed by atoms with Crippen molar-refractivity contribution in [3.05, 3.63) is 83.7 Å². The van der Waals surface area contributed by atoms with Crippen molar-refractivity contribution in [2.75, 3.05) is 21.3 Å². The van der Waals surface area contributed by atoms with E-state index in [1.807, 2.05) is 42.5 Å². The van der Waals surface area contributed by atoms with Gasteiger partial charge in [0, 0.05) is 12.4 Å². The first-order valence-corrected chi connectivity index (χ1v) is 9.19. The molecule has 1 unspecified atom stereocenters. The van der Waals surface area contributed by atoms with E-state index >= 15 is 0 Å². The van der Waals surface area contributed by atoms with E-state index in [1.54, 1.807) is 45.9 Å². The van der Waals surface area contributed by atoms with Crippen LogP contribution in [0, 0.1) is 0 Å². The van der Waals surface area contributed by atoms with Crippen molar-refractivity contribution in [2.24, 2.45) is 0 Å². The highest BCUT2D eigenvalue weighted by atomic mass is 16.5. The molecule has 0 saturated heterocycles. The zero-order valence-electron chi connectivity index (χ0n) is 16.7. The quantitative estimate of drug-likeness (QED) is 0.635. The molecule has 29 heavy (non-hydrogen) atoms. The Hall–Kier alpha value is -3.54. The van der Waals surface area contributed by atoms with Crippen LogP contribution >= 0.6 is 0 Å². The highest BCUT2D eigenvalue weighted by Gasteiger charge is 2.19. The Kier molecular flexibility index (Phi) is 6.68. The number of pyridine rings is 1. The van der Waals surface area contributed by atoms with Gasteiger partial charge in [-0.1, -0.05) is 30.3 Å². The molecular weight excluding hydrogens is 368 g/mol. The number of carbonyl (C=O) groups excluding carboxylic acids is 1. The number of carbonyl (C=O) groups is 1. The zero-order chi connectivity index (χ0) is 20.6. The molecule has 0 fully saturated rings. The second-order valence-corrected chi connectivity index (χ2v) is 6.40. The fourth-order valence-corrected chi connectivity index (χ4v) is 3.20. The lowest BCUT2D eigenvalue weighted by molar-refractivity contribution is -0.120. The smallest absolute Gasteiger partial charge is 0.225 e. The monoisotopic (exact) mass is 392 g/mol. The molecule has 0 aliphatic heterocycles. The van der Waals surface area contributed by atoms with Gasteiger partial charge in [-0.05, 0) is 41.0 Å². The van der Waals surface area contributed by atoms with Crippen LogP contribution in [0.5, 0.6) is 17.2 Å². The maximum absolute atomic E-state index is 12.9. The summed E-state index contributed by atoms with van der Waals surface area (Å²) in [6.07, 6.45) is 3.61. The van der Waals surface area contributed by atoms with Gasteiger partial charge in [0.15, 0.2) is 11.5 Å². The number of ether oxygens (including phenoxy) is 3. The van der Waals surface area contributed by atoms with E-state index in [-0.39, 0.29) is 18.4 Å². The fourth-order valence-electron chi connectivity index (χ4n) is 3.20. The van der Waals surface area contributed by atoms with Gasteiger partial charge in [0.25, 0.3) is 0 Å². The van der Waals surface area contributed by atoms with Crippen molar-refractivity contribution in [3.63, 3.8) is 0 Å². The van der Waals surface area contributed by atoms with Crippen molar-refractivity contribution >= 4 is 5.91 Å². The number of methoxy groups -OCH3 is 3. The maximum atomic E-state index is 12.9. The van der Waals surface area contributed by atoms with Gasteiger partial charge in [0.2, 0.25) is 11.7 Å². The summed E-state index contributed by atoms with van der Waals surface area (Å²) in [4.78, 5) is 17.0. The number of nitrogens with zero attached hydrogens (tertiary/aromatic N) is 1. The van der Waals surface area contributed by atoms with Crippen molar-refractivity contribution < 1.29 is 19.0 Å². The minimum Gasteiger partial charge on any atom is -0.493 e. The fraction of sp³-hybridized carbons (Fsp3) is 0.217. The largest absolute Gasteiger partial charge is 0.493 e. The Bertz CT molecular complexity index is 881. The van der Waals surface area contributed by atoms with Crippen molar-refractivity contribution in [3.8, 4) is 17.2 Å². The number of benzene rings is 2. The predicted molar refractivity (Wildman–Crippen MR) is 110 cm³/mol. The molecule has 1 aromatic heterocycles. The average Bonchev–Trinajstić information content (AvgIpc) is 2.77. The van der Waals surface area contributed by atoms with Gasteiger partial charge in [-0.2, -0.15) is 0 Å². The standard InChI is InChI=1S/C23H24N2O4/c1-27-19-13-16(14-20(28-2)23(19)29-3)15-21(26)25-22(17-7-5-4-6-8-17)18-9-11-24-12-10-18/h4-14,22H,15H2,1-3H3,(H,25,26). The molecule has 1 heterocycles. The zero-order valence-corrected chi connectivity index (χ0v) is 16.7. The summed E-state index contributed by atoms with van der Waals surface area (Å²) in [5.74, 6) is 1.41. The molecule has 1 N–H and O–H groups in total. The number of nitrogens with one attached hydrogen (secondary N) is 1. The summed E-state index contributed by atoms with van der Waals surface area (Å²) in [6.45, 7) is 0. The lowest BCUT2D eigenvalue weighted by Crippen LogP contribution is -2.30. The van der Waals surface area contributed by atoms with Gasteiger partial charge in [-0.15, -0.1) is 0 Å². The first-order chi connectivity index (χ1) is 14.2. The molecule has 2 aromatic carbocycles. The molecule has 1 atom stereocenters. The molecular formula is C23H24N2O4. The third kappa shape index (κ3) is 4.85. The molecule has 0 radical (unpaired) electrons. The number of amides is 1. The van der Waals surface area contributed by atoms with E-state index in [0.717, 1.165) is 16.7 Å². The van der Waals surface area contributed by atoms with Crippen molar-refractivity contribution in [1.82, 2.24) is 10.3 Å². The first kappa shape index (κ1) is 20.2. The van der Waals surface area contributed by atoms with E-state index in [2.05, 4.69) is 10.3 Å². The Morgan fingerprint density at radius 3 is 2.03 bits per heavy atom. The van der Waals surface area contributed by atoms with Crippen LogP contribution in [0.1, 0.15) is 22.7 Å². The van der Waals surface area contributed by atoms with Gasteiger partial charge in [0.1, 0.15) is 0 Å². The SMILES string of the molecule is COc1cc(CC(=O)NC(c2ccccc2)c2ccncc2)cc(OC)c1OC. The van der Waals surface area contributed by atoms with E-state index in [0.29, 0.717) is 17.2 Å². The Labute approximate surface area is 170 Å². The topological polar surface area (TPSA) is 69.7 Å². The molecule has 6 heteroatoms. The molecule has 0 saturated carbocycles. The number of aromatic nitrogens is 1. The number of hydrogen-bond acceptors (Lipinski definition) is 5. The van der Waals surface area contributed by atoms with Crippen LogP contribution in [0.2, 0.25) is 0 Å². The molecule has 1 amide bonds. The van der Waals surface area contributed by atoms with Gasteiger partial charge in [0.05, 0.1) is 33.8 Å². The van der Waals surface area contributed by atoms with Crippen LogP contribution < -0.4 is 19.5 Å². The minimum atomic E-state index is -0.270. The summed E-state index contributed by atoms with van der Waals surface area (Å²) in [6, 6.07) is 16.9. The third-order valence-electron chi connectivity index (χ3n) is 4.57. The molecule has 150 valence electrons. The molecule has 0 spiro atoms. The first-order valence-electron chi connectivity index (χ1n) is 9.19. The molecule has 6 nitrogen and oxygen atoms in total. The molecule has 0 bridgehead atoms. The highest BCUT2D eigenvalue weighted by Crippen LogP contribution is 2.38. The molecule has 3 rings (SSSR count). The van der Waals surface area contributed by atoms with Crippen LogP contribution in [0.3, 0.4) is 0 Å². The Morgan fingerprint density at radius 2 is 1.48 bits per heavy atom. The second-order valence-electron chi connectivity index (χ2n) is 6.40. The van der Waals surface area contributed by atoms with E-state index in [4.69, 9.17) is 14.2 Å². The molecule has 3 aromatic rings. The number of rotatable bonds is 8. The Morgan fingerprint density at radius 1 is 0.897 bits per heavy atom. The lowest BCUT2D eigenvalue weighted by atomic mass is 9.99. The summed E-state index contributed by atoms with van der Waals surface area (Å²) < 4.78 is 16.1. The van der Waals surface area contributed by atoms with Gasteiger partial charge in [-0.3, -0.25) is 9.78 Å². The summed E-state index contributed by atoms with van der Waals surface area (Å²) in [7, 11) is 4.65. The van der Waals surface area contributed by atoms with Crippen LogP contribution in [-0.4, -0.2) is 32.2 Å². The van der Waals surface area contributed by atoms with E-state index in [1.165, 1.54) is 0 Å². The lowest BCUT2D eigenvalue weighted by Gasteiger charge is -2.20.